The van der Waals surface area contributed by atoms with Crippen molar-refractivity contribution in [3.05, 3.63) is 42.2 Å². The summed E-state index contributed by atoms with van der Waals surface area (Å²) in [7, 11) is -0.860. The summed E-state index contributed by atoms with van der Waals surface area (Å²) >= 11 is 0. The monoisotopic (exact) mass is 523 g/mol. The molecule has 37 heavy (non-hydrogen) atoms. The molecule has 1 aromatic carbocycles. The summed E-state index contributed by atoms with van der Waals surface area (Å²) in [6, 6.07) is 8.49. The number of anilines is 4. The lowest BCUT2D eigenvalue weighted by Crippen LogP contribution is -2.57. The molecule has 10 heteroatoms. The van der Waals surface area contributed by atoms with Gasteiger partial charge in [-0.05, 0) is 49.0 Å². The number of pyridine rings is 1. The van der Waals surface area contributed by atoms with Crippen LogP contribution in [0.15, 0.2) is 36.7 Å². The predicted octanol–water partition coefficient (Wildman–Crippen LogP) is 3.51. The van der Waals surface area contributed by atoms with Crippen molar-refractivity contribution in [3.8, 4) is 0 Å². The molecule has 0 saturated carbocycles. The Kier molecular flexibility index (Phi) is 6.97. The topological polar surface area (TPSA) is 94.6 Å². The highest BCUT2D eigenvalue weighted by Gasteiger charge is 2.38. The Morgan fingerprint density at radius 3 is 2.49 bits per heavy atom. The fraction of sp³-hybridized carbons (Fsp3) is 0.519. The van der Waals surface area contributed by atoms with E-state index < -0.39 is 9.84 Å². The zero-order chi connectivity index (χ0) is 26.3. The molecule has 0 aliphatic carbocycles. The van der Waals surface area contributed by atoms with Gasteiger partial charge in [0.1, 0.15) is 21.5 Å². The van der Waals surface area contributed by atoms with Crippen molar-refractivity contribution < 1.29 is 8.42 Å². The molecule has 1 N–H and O–H groups in total. The molecule has 2 aliphatic heterocycles. The van der Waals surface area contributed by atoms with Gasteiger partial charge in [0.15, 0.2) is 0 Å². The number of nitrogens with one attached hydrogen (secondary N) is 1. The van der Waals surface area contributed by atoms with E-state index in [1.165, 1.54) is 11.8 Å². The van der Waals surface area contributed by atoms with Crippen LogP contribution in [-0.4, -0.2) is 86.1 Å². The van der Waals surface area contributed by atoms with Crippen LogP contribution in [-0.2, 0) is 9.84 Å². The molecule has 2 aromatic heterocycles. The standard InChI is InChI=1S/C27H37N7O2S/c1-18(2)21-6-7-24(34-16-20(19(34)3)17-37(5,35)36)23-15-29-26(14-22(21)23)30-25-8-9-28-27(31-25)33-12-10-32(4)11-13-33/h6-9,14-15,18-20H,10-13,16-17H2,1-5H3,(H,28,29,30,31)/t19-,20-/m1/s1. The van der Waals surface area contributed by atoms with Gasteiger partial charge in [-0.1, -0.05) is 19.9 Å². The quantitative estimate of drug-likeness (QED) is 0.499. The van der Waals surface area contributed by atoms with Gasteiger partial charge >= 0.3 is 0 Å². The Balaban J connectivity index is 1.41. The van der Waals surface area contributed by atoms with E-state index in [2.05, 4.69) is 71.0 Å². The van der Waals surface area contributed by atoms with Gasteiger partial charge in [-0.3, -0.25) is 0 Å². The van der Waals surface area contributed by atoms with Gasteiger partial charge in [0.2, 0.25) is 5.95 Å². The van der Waals surface area contributed by atoms with E-state index in [1.54, 1.807) is 6.20 Å². The minimum Gasteiger partial charge on any atom is -0.368 e. The van der Waals surface area contributed by atoms with E-state index in [9.17, 15) is 8.42 Å². The van der Waals surface area contributed by atoms with E-state index in [1.807, 2.05) is 12.3 Å². The van der Waals surface area contributed by atoms with Crippen LogP contribution in [0, 0.1) is 5.92 Å². The molecular weight excluding hydrogens is 486 g/mol. The number of sulfone groups is 1. The Bertz CT molecular complexity index is 1390. The maximum atomic E-state index is 11.8. The van der Waals surface area contributed by atoms with Gasteiger partial charge in [0, 0.05) is 74.4 Å². The molecule has 0 amide bonds. The third kappa shape index (κ3) is 5.50. The molecule has 0 bridgehead atoms. The third-order valence-electron chi connectivity index (χ3n) is 7.65. The highest BCUT2D eigenvalue weighted by Crippen LogP contribution is 2.39. The van der Waals surface area contributed by atoms with Crippen LogP contribution in [0.3, 0.4) is 0 Å². The van der Waals surface area contributed by atoms with E-state index in [4.69, 9.17) is 9.97 Å². The highest BCUT2D eigenvalue weighted by molar-refractivity contribution is 7.90. The van der Waals surface area contributed by atoms with E-state index in [-0.39, 0.29) is 17.7 Å². The minimum atomic E-state index is -2.99. The molecule has 2 atom stereocenters. The normalized spacial score (nSPS) is 20.9. The van der Waals surface area contributed by atoms with Crippen molar-refractivity contribution in [2.24, 2.45) is 5.92 Å². The van der Waals surface area contributed by atoms with Gasteiger partial charge in [-0.2, -0.15) is 4.98 Å². The average Bonchev–Trinajstić information content (AvgIpc) is 2.85. The first-order valence-corrected chi connectivity index (χ1v) is 15.1. The number of hydrogen-bond donors (Lipinski definition) is 1. The number of piperazine rings is 1. The van der Waals surface area contributed by atoms with E-state index in [0.717, 1.165) is 66.8 Å². The summed E-state index contributed by atoms with van der Waals surface area (Å²) < 4.78 is 23.6. The van der Waals surface area contributed by atoms with Gasteiger partial charge in [0.25, 0.3) is 0 Å². The van der Waals surface area contributed by atoms with Crippen LogP contribution < -0.4 is 15.1 Å². The number of likely N-dealkylation sites (N-methyl/N-ethyl adjacent to an activating group) is 1. The van der Waals surface area contributed by atoms with Crippen LogP contribution in [0.2, 0.25) is 0 Å². The summed E-state index contributed by atoms with van der Waals surface area (Å²) in [5.41, 5.74) is 2.36. The van der Waals surface area contributed by atoms with Crippen molar-refractivity contribution in [1.82, 2.24) is 19.9 Å². The molecule has 2 fully saturated rings. The smallest absolute Gasteiger partial charge is 0.227 e. The van der Waals surface area contributed by atoms with Gasteiger partial charge in [-0.25, -0.2) is 18.4 Å². The second kappa shape index (κ2) is 10.1. The van der Waals surface area contributed by atoms with Crippen LogP contribution in [0.25, 0.3) is 10.8 Å². The molecule has 0 unspecified atom stereocenters. The number of rotatable bonds is 7. The first-order valence-electron chi connectivity index (χ1n) is 13.0. The summed E-state index contributed by atoms with van der Waals surface area (Å²) in [6.45, 7) is 11.1. The summed E-state index contributed by atoms with van der Waals surface area (Å²) in [5.74, 6) is 2.92. The Hall–Kier alpha value is -2.98. The lowest BCUT2D eigenvalue weighted by Gasteiger charge is -2.48. The molecule has 5 rings (SSSR count). The number of fused-ring (bicyclic) bond motifs is 1. The first kappa shape index (κ1) is 25.7. The zero-order valence-electron chi connectivity index (χ0n) is 22.3. The summed E-state index contributed by atoms with van der Waals surface area (Å²) in [5, 5.41) is 5.62. The molecule has 2 aliphatic rings. The molecule has 9 nitrogen and oxygen atoms in total. The molecule has 198 valence electrons. The molecule has 0 radical (unpaired) electrons. The third-order valence-corrected chi connectivity index (χ3v) is 8.68. The van der Waals surface area contributed by atoms with E-state index in [0.29, 0.717) is 5.92 Å². The van der Waals surface area contributed by atoms with Crippen LogP contribution >= 0.6 is 0 Å². The zero-order valence-corrected chi connectivity index (χ0v) is 23.2. The fourth-order valence-electron chi connectivity index (χ4n) is 5.36. The second-order valence-corrected chi connectivity index (χ2v) is 13.0. The number of benzene rings is 1. The van der Waals surface area contributed by atoms with Crippen LogP contribution in [0.5, 0.6) is 0 Å². The fourth-order valence-corrected chi connectivity index (χ4v) is 6.53. The molecule has 4 heterocycles. The number of nitrogens with zero attached hydrogens (tertiary/aromatic N) is 6. The van der Waals surface area contributed by atoms with Gasteiger partial charge < -0.3 is 20.0 Å². The van der Waals surface area contributed by atoms with Crippen molar-refractivity contribution in [2.75, 3.05) is 66.9 Å². The summed E-state index contributed by atoms with van der Waals surface area (Å²) in [4.78, 5) is 20.8. The Labute approximate surface area is 219 Å². The van der Waals surface area contributed by atoms with Crippen molar-refractivity contribution >= 4 is 43.9 Å². The van der Waals surface area contributed by atoms with E-state index >= 15 is 0 Å². The van der Waals surface area contributed by atoms with Crippen molar-refractivity contribution in [3.63, 3.8) is 0 Å². The lowest BCUT2D eigenvalue weighted by molar-refractivity contribution is 0.311. The maximum absolute atomic E-state index is 11.8. The maximum Gasteiger partial charge on any atom is 0.227 e. The van der Waals surface area contributed by atoms with Crippen LogP contribution in [0.4, 0.5) is 23.3 Å². The first-order chi connectivity index (χ1) is 17.6. The average molecular weight is 524 g/mol. The number of hydrogen-bond acceptors (Lipinski definition) is 9. The largest absolute Gasteiger partial charge is 0.368 e. The van der Waals surface area contributed by atoms with Crippen molar-refractivity contribution in [1.29, 1.82) is 0 Å². The molecule has 3 aromatic rings. The highest BCUT2D eigenvalue weighted by atomic mass is 32.2. The van der Waals surface area contributed by atoms with Gasteiger partial charge in [-0.15, -0.1) is 0 Å². The second-order valence-electron chi connectivity index (χ2n) is 10.8. The lowest BCUT2D eigenvalue weighted by atomic mass is 9.88. The SMILES string of the molecule is CC(C)c1ccc(N2C[C@H](CS(C)(=O)=O)[C@H]2C)c2cnc(Nc3ccnc(N4CCN(C)CC4)n3)cc12. The minimum absolute atomic E-state index is 0.149. The predicted molar refractivity (Wildman–Crippen MR) is 151 cm³/mol. The Morgan fingerprint density at radius 1 is 1.05 bits per heavy atom. The van der Waals surface area contributed by atoms with Crippen molar-refractivity contribution in [2.45, 2.75) is 32.7 Å². The number of aromatic nitrogens is 3. The summed E-state index contributed by atoms with van der Waals surface area (Å²) in [6.07, 6.45) is 5.04. The Morgan fingerprint density at radius 2 is 1.81 bits per heavy atom. The van der Waals surface area contributed by atoms with Gasteiger partial charge in [0.05, 0.1) is 5.75 Å². The van der Waals surface area contributed by atoms with Crippen LogP contribution in [0.1, 0.15) is 32.3 Å². The molecule has 2 saturated heterocycles. The molecule has 0 spiro atoms. The molecular formula is C27H37N7O2S.